The third-order valence-corrected chi connectivity index (χ3v) is 3.50. The van der Waals surface area contributed by atoms with Gasteiger partial charge in [-0.15, -0.1) is 5.10 Å². The van der Waals surface area contributed by atoms with Crippen molar-refractivity contribution in [2.75, 3.05) is 12.4 Å². The first kappa shape index (κ1) is 17.8. The fourth-order valence-electron chi connectivity index (χ4n) is 2.18. The largest absolute Gasteiger partial charge is 0.497 e. The van der Waals surface area contributed by atoms with Crippen molar-refractivity contribution < 1.29 is 18.9 Å². The molecule has 1 amide bonds. The van der Waals surface area contributed by atoms with Crippen LogP contribution in [0.4, 0.5) is 11.7 Å². The van der Waals surface area contributed by atoms with E-state index in [-0.39, 0.29) is 17.6 Å². The molecule has 1 heterocycles. The molecule has 9 heteroatoms. The van der Waals surface area contributed by atoms with Gasteiger partial charge in [0, 0.05) is 23.8 Å². The molecule has 1 N–H and O–H groups in total. The number of aromatic nitrogens is 2. The van der Waals surface area contributed by atoms with E-state index in [1.165, 1.54) is 24.3 Å². The lowest BCUT2D eigenvalue weighted by atomic mass is 10.2. The van der Waals surface area contributed by atoms with Gasteiger partial charge in [0.1, 0.15) is 5.75 Å². The highest BCUT2D eigenvalue weighted by atomic mass is 16.6. The molecule has 0 aliphatic heterocycles. The number of anilines is 1. The average Bonchev–Trinajstić information content (AvgIpc) is 3.15. The second kappa shape index (κ2) is 7.91. The topological polar surface area (TPSA) is 120 Å². The van der Waals surface area contributed by atoms with Crippen LogP contribution in [-0.2, 0) is 4.79 Å². The van der Waals surface area contributed by atoms with Gasteiger partial charge in [-0.3, -0.25) is 20.2 Å². The molecule has 0 spiro atoms. The monoisotopic (exact) mass is 366 g/mol. The van der Waals surface area contributed by atoms with Gasteiger partial charge < -0.3 is 9.15 Å². The number of hydrogen-bond acceptors (Lipinski definition) is 7. The molecule has 0 aliphatic carbocycles. The number of amides is 1. The Bertz CT molecular complexity index is 995. The van der Waals surface area contributed by atoms with Gasteiger partial charge in [0.05, 0.1) is 12.0 Å². The first-order valence-corrected chi connectivity index (χ1v) is 7.76. The molecule has 136 valence electrons. The molecule has 3 aromatic rings. The summed E-state index contributed by atoms with van der Waals surface area (Å²) in [6.07, 6.45) is 2.94. The highest BCUT2D eigenvalue weighted by Crippen LogP contribution is 2.23. The highest BCUT2D eigenvalue weighted by Gasteiger charge is 2.13. The first-order chi connectivity index (χ1) is 13.0. The van der Waals surface area contributed by atoms with Gasteiger partial charge in [-0.2, -0.15) is 0 Å². The minimum atomic E-state index is -0.521. The molecule has 9 nitrogen and oxygen atoms in total. The van der Waals surface area contributed by atoms with E-state index in [4.69, 9.17) is 9.15 Å². The van der Waals surface area contributed by atoms with Crippen LogP contribution in [0.25, 0.3) is 17.5 Å². The van der Waals surface area contributed by atoms with Crippen molar-refractivity contribution in [3.05, 3.63) is 70.3 Å². The van der Waals surface area contributed by atoms with Crippen molar-refractivity contribution in [2.24, 2.45) is 0 Å². The van der Waals surface area contributed by atoms with E-state index < -0.39 is 10.8 Å². The van der Waals surface area contributed by atoms with Crippen LogP contribution in [0.3, 0.4) is 0 Å². The maximum absolute atomic E-state index is 12.0. The molecule has 27 heavy (non-hydrogen) atoms. The number of nitrogens with zero attached hydrogens (tertiary/aromatic N) is 3. The van der Waals surface area contributed by atoms with Crippen molar-refractivity contribution in [2.45, 2.75) is 0 Å². The highest BCUT2D eigenvalue weighted by molar-refractivity contribution is 6.00. The molecule has 3 rings (SSSR count). The van der Waals surface area contributed by atoms with Gasteiger partial charge in [0.2, 0.25) is 5.89 Å². The van der Waals surface area contributed by atoms with Gasteiger partial charge >= 0.3 is 6.01 Å². The summed E-state index contributed by atoms with van der Waals surface area (Å²) < 4.78 is 10.4. The summed E-state index contributed by atoms with van der Waals surface area (Å²) >= 11 is 0. The van der Waals surface area contributed by atoms with E-state index in [9.17, 15) is 14.9 Å². The number of hydrogen-bond donors (Lipinski definition) is 1. The first-order valence-electron chi connectivity index (χ1n) is 7.76. The zero-order valence-electron chi connectivity index (χ0n) is 14.2. The number of carbonyl (C=O) groups is 1. The molecule has 0 bridgehead atoms. The molecule has 0 fully saturated rings. The molecule has 0 saturated carbocycles. The van der Waals surface area contributed by atoms with Crippen molar-refractivity contribution in [1.29, 1.82) is 0 Å². The summed E-state index contributed by atoms with van der Waals surface area (Å²) in [7, 11) is 1.57. The number of rotatable bonds is 6. The van der Waals surface area contributed by atoms with Crippen molar-refractivity contribution >= 4 is 23.7 Å². The van der Waals surface area contributed by atoms with Crippen LogP contribution in [0.1, 0.15) is 5.56 Å². The Morgan fingerprint density at radius 1 is 1.22 bits per heavy atom. The van der Waals surface area contributed by atoms with Crippen molar-refractivity contribution in [3.63, 3.8) is 0 Å². The predicted molar refractivity (Wildman–Crippen MR) is 97.0 cm³/mol. The van der Waals surface area contributed by atoms with Crippen molar-refractivity contribution in [3.8, 4) is 17.2 Å². The van der Waals surface area contributed by atoms with E-state index in [0.29, 0.717) is 5.56 Å². The lowest BCUT2D eigenvalue weighted by Gasteiger charge is -1.99. The maximum atomic E-state index is 12.0. The summed E-state index contributed by atoms with van der Waals surface area (Å²) in [5, 5.41) is 20.8. The number of carbonyl (C=O) groups excluding carboxylic acids is 1. The molecular weight excluding hydrogens is 352 g/mol. The number of nitrogens with one attached hydrogen (secondary N) is 1. The Morgan fingerprint density at radius 2 is 2.00 bits per heavy atom. The van der Waals surface area contributed by atoms with Crippen LogP contribution in [0, 0.1) is 10.1 Å². The summed E-state index contributed by atoms with van der Waals surface area (Å²) in [4.78, 5) is 22.3. The summed E-state index contributed by atoms with van der Waals surface area (Å²) in [5.74, 6) is 0.323. The van der Waals surface area contributed by atoms with Crippen molar-refractivity contribution in [1.82, 2.24) is 10.2 Å². The average molecular weight is 366 g/mol. The second-order valence-electron chi connectivity index (χ2n) is 5.32. The quantitative estimate of drug-likeness (QED) is 0.403. The van der Waals surface area contributed by atoms with Crippen LogP contribution in [0.2, 0.25) is 0 Å². The van der Waals surface area contributed by atoms with Gasteiger partial charge in [0.15, 0.2) is 0 Å². The number of methoxy groups -OCH3 is 1. The molecule has 0 aliphatic rings. The number of nitro groups is 1. The third-order valence-electron chi connectivity index (χ3n) is 3.50. The molecule has 1 aromatic heterocycles. The van der Waals surface area contributed by atoms with E-state index in [0.717, 1.165) is 11.3 Å². The number of nitro benzene ring substituents is 1. The molecule has 0 atom stereocenters. The smallest absolute Gasteiger partial charge is 0.322 e. The summed E-state index contributed by atoms with van der Waals surface area (Å²) in [6, 6.07) is 12.8. The minimum Gasteiger partial charge on any atom is -0.497 e. The molecular formula is C18H14N4O5. The Kier molecular flexibility index (Phi) is 5.22. The Hall–Kier alpha value is -4.01. The number of non-ortho nitro benzene ring substituents is 1. The molecule has 0 unspecified atom stereocenters. The van der Waals surface area contributed by atoms with Crippen LogP contribution in [0.15, 0.2) is 59.0 Å². The van der Waals surface area contributed by atoms with E-state index in [1.54, 1.807) is 43.5 Å². The lowest BCUT2D eigenvalue weighted by molar-refractivity contribution is -0.384. The van der Waals surface area contributed by atoms with Crippen LogP contribution in [-0.4, -0.2) is 28.1 Å². The Labute approximate surface area is 153 Å². The third kappa shape index (κ3) is 4.54. The molecule has 2 aromatic carbocycles. The standard InChI is InChI=1S/C18H14N4O5/c1-26-15-8-5-12(6-9-15)7-10-16(23)19-18-21-20-17(27-18)13-3-2-4-14(11-13)22(24)25/h2-11H,1H3,(H,19,21,23)/b10-7+. The zero-order chi connectivity index (χ0) is 19.2. The number of benzene rings is 2. The van der Waals surface area contributed by atoms with E-state index in [1.807, 2.05) is 0 Å². The van der Waals surface area contributed by atoms with Crippen LogP contribution < -0.4 is 10.1 Å². The SMILES string of the molecule is COc1ccc(/C=C/C(=O)Nc2nnc(-c3cccc([N+](=O)[O-])c3)o2)cc1. The van der Waals surface area contributed by atoms with Crippen LogP contribution >= 0.6 is 0 Å². The normalized spacial score (nSPS) is 10.7. The Morgan fingerprint density at radius 3 is 2.70 bits per heavy atom. The summed E-state index contributed by atoms with van der Waals surface area (Å²) in [6.45, 7) is 0. The Balaban J connectivity index is 1.66. The van der Waals surface area contributed by atoms with Gasteiger partial charge in [-0.1, -0.05) is 23.3 Å². The van der Waals surface area contributed by atoms with Crippen LogP contribution in [0.5, 0.6) is 5.75 Å². The summed E-state index contributed by atoms with van der Waals surface area (Å²) in [5.41, 5.74) is 1.10. The van der Waals surface area contributed by atoms with Gasteiger partial charge in [0.25, 0.3) is 11.6 Å². The zero-order valence-corrected chi connectivity index (χ0v) is 14.2. The minimum absolute atomic E-state index is 0.0631. The van der Waals surface area contributed by atoms with Gasteiger partial charge in [-0.25, -0.2) is 0 Å². The fraction of sp³-hybridized carbons (Fsp3) is 0.0556. The maximum Gasteiger partial charge on any atom is 0.322 e. The predicted octanol–water partition coefficient (Wildman–Crippen LogP) is 3.31. The fourth-order valence-corrected chi connectivity index (χ4v) is 2.18. The van der Waals surface area contributed by atoms with E-state index in [2.05, 4.69) is 15.5 Å². The van der Waals surface area contributed by atoms with Gasteiger partial charge in [-0.05, 0) is 29.8 Å². The number of ether oxygens (including phenoxy) is 1. The second-order valence-corrected chi connectivity index (χ2v) is 5.32. The molecule has 0 radical (unpaired) electrons. The van der Waals surface area contributed by atoms with E-state index >= 15 is 0 Å². The lowest BCUT2D eigenvalue weighted by Crippen LogP contribution is -2.07. The molecule has 0 saturated heterocycles.